The van der Waals surface area contributed by atoms with Crippen LogP contribution in [0.3, 0.4) is 0 Å². The Morgan fingerprint density at radius 2 is 2.00 bits per heavy atom. The average molecular weight is 261 g/mol. The summed E-state index contributed by atoms with van der Waals surface area (Å²) in [6, 6.07) is 10.5. The predicted molar refractivity (Wildman–Crippen MR) is 76.1 cm³/mol. The van der Waals surface area contributed by atoms with Gasteiger partial charge in [-0.25, -0.2) is 0 Å². The van der Waals surface area contributed by atoms with Gasteiger partial charge in [0.1, 0.15) is 0 Å². The Bertz CT molecular complexity index is 404. The third kappa shape index (κ3) is 4.06. The molecule has 3 heteroatoms. The van der Waals surface area contributed by atoms with E-state index in [4.69, 9.17) is 5.11 Å². The molecule has 0 saturated carbocycles. The smallest absolute Gasteiger partial charge is 0.308 e. The Hall–Kier alpha value is -1.35. The van der Waals surface area contributed by atoms with Crippen LogP contribution in [-0.2, 0) is 11.2 Å². The molecule has 104 valence electrons. The van der Waals surface area contributed by atoms with E-state index in [-0.39, 0.29) is 11.8 Å². The summed E-state index contributed by atoms with van der Waals surface area (Å²) in [6.45, 7) is 4.73. The number of benzene rings is 1. The Morgan fingerprint density at radius 3 is 2.63 bits per heavy atom. The molecule has 1 aliphatic heterocycles. The molecule has 0 aromatic heterocycles. The fraction of sp³-hybridized carbons (Fsp3) is 0.562. The Kier molecular flexibility index (Phi) is 4.97. The molecule has 0 amide bonds. The van der Waals surface area contributed by atoms with Crippen LogP contribution in [-0.4, -0.2) is 35.6 Å². The summed E-state index contributed by atoms with van der Waals surface area (Å²) in [5, 5.41) is 9.10. The molecular formula is C16H23NO2. The van der Waals surface area contributed by atoms with Gasteiger partial charge in [-0.05, 0) is 37.3 Å². The van der Waals surface area contributed by atoms with Crippen molar-refractivity contribution in [2.75, 3.05) is 19.6 Å². The highest BCUT2D eigenvalue weighted by molar-refractivity contribution is 5.71. The minimum Gasteiger partial charge on any atom is -0.481 e. The zero-order valence-electron chi connectivity index (χ0n) is 11.6. The zero-order valence-corrected chi connectivity index (χ0v) is 11.6. The highest BCUT2D eigenvalue weighted by Crippen LogP contribution is 2.23. The fourth-order valence-corrected chi connectivity index (χ4v) is 2.88. The maximum absolute atomic E-state index is 11.0. The van der Waals surface area contributed by atoms with E-state index in [1.165, 1.54) is 12.0 Å². The topological polar surface area (TPSA) is 40.5 Å². The first kappa shape index (κ1) is 14.1. The predicted octanol–water partition coefficient (Wildman–Crippen LogP) is 2.66. The Morgan fingerprint density at radius 1 is 1.26 bits per heavy atom. The quantitative estimate of drug-likeness (QED) is 0.800. The summed E-state index contributed by atoms with van der Waals surface area (Å²) in [4.78, 5) is 13.3. The van der Waals surface area contributed by atoms with E-state index in [1.807, 2.05) is 13.0 Å². The zero-order chi connectivity index (χ0) is 13.7. The number of carboxylic acid groups (broad SMARTS) is 1. The number of hydrogen-bond acceptors (Lipinski definition) is 2. The molecule has 1 fully saturated rings. The second kappa shape index (κ2) is 6.71. The van der Waals surface area contributed by atoms with Crippen LogP contribution in [0.2, 0.25) is 0 Å². The summed E-state index contributed by atoms with van der Waals surface area (Å²) in [6.07, 6.45) is 3.44. The fourth-order valence-electron chi connectivity index (χ4n) is 2.88. The van der Waals surface area contributed by atoms with Crippen molar-refractivity contribution >= 4 is 5.97 Å². The summed E-state index contributed by atoms with van der Waals surface area (Å²) < 4.78 is 0. The van der Waals surface area contributed by atoms with Gasteiger partial charge in [0, 0.05) is 13.1 Å². The number of aliphatic carboxylic acids is 1. The van der Waals surface area contributed by atoms with Crippen LogP contribution in [0.15, 0.2) is 30.3 Å². The van der Waals surface area contributed by atoms with Crippen LogP contribution in [0.4, 0.5) is 0 Å². The van der Waals surface area contributed by atoms with E-state index in [1.54, 1.807) is 0 Å². The van der Waals surface area contributed by atoms with E-state index < -0.39 is 5.97 Å². The molecule has 1 heterocycles. The van der Waals surface area contributed by atoms with Gasteiger partial charge in [-0.2, -0.15) is 0 Å². The molecule has 2 atom stereocenters. The minimum atomic E-state index is -0.640. The van der Waals surface area contributed by atoms with Crippen molar-refractivity contribution < 1.29 is 9.90 Å². The highest BCUT2D eigenvalue weighted by Gasteiger charge is 2.34. The SMILES string of the molecule is C[C@@H]1CN(CCCCc2ccccc2)C[C@H]1C(=O)O. The van der Waals surface area contributed by atoms with E-state index >= 15 is 0 Å². The lowest BCUT2D eigenvalue weighted by molar-refractivity contribution is -0.142. The molecular weight excluding hydrogens is 238 g/mol. The number of rotatable bonds is 6. The van der Waals surface area contributed by atoms with Gasteiger partial charge in [0.2, 0.25) is 0 Å². The van der Waals surface area contributed by atoms with Gasteiger partial charge >= 0.3 is 5.97 Å². The summed E-state index contributed by atoms with van der Waals surface area (Å²) in [5.74, 6) is -0.528. The normalized spacial score (nSPS) is 23.6. The molecule has 0 unspecified atom stereocenters. The summed E-state index contributed by atoms with van der Waals surface area (Å²) in [7, 11) is 0. The molecule has 1 aliphatic rings. The summed E-state index contributed by atoms with van der Waals surface area (Å²) >= 11 is 0. The van der Waals surface area contributed by atoms with Gasteiger partial charge < -0.3 is 10.0 Å². The van der Waals surface area contributed by atoms with Gasteiger partial charge in [-0.3, -0.25) is 4.79 Å². The average Bonchev–Trinajstić information content (AvgIpc) is 2.77. The number of carboxylic acids is 1. The molecule has 0 radical (unpaired) electrons. The molecule has 0 bridgehead atoms. The number of aryl methyl sites for hydroxylation is 1. The van der Waals surface area contributed by atoms with Gasteiger partial charge in [-0.15, -0.1) is 0 Å². The molecule has 0 aliphatic carbocycles. The van der Waals surface area contributed by atoms with Crippen LogP contribution in [0.1, 0.15) is 25.3 Å². The van der Waals surface area contributed by atoms with Crippen LogP contribution in [0, 0.1) is 11.8 Å². The number of unbranched alkanes of at least 4 members (excludes halogenated alkanes) is 1. The molecule has 1 saturated heterocycles. The van der Waals surface area contributed by atoms with Crippen LogP contribution >= 0.6 is 0 Å². The molecule has 2 rings (SSSR count). The lowest BCUT2D eigenvalue weighted by Gasteiger charge is -2.14. The Balaban J connectivity index is 1.66. The van der Waals surface area contributed by atoms with Gasteiger partial charge in [-0.1, -0.05) is 37.3 Å². The molecule has 3 nitrogen and oxygen atoms in total. The Labute approximate surface area is 115 Å². The number of hydrogen-bond donors (Lipinski definition) is 1. The van der Waals surface area contributed by atoms with E-state index in [0.717, 1.165) is 32.5 Å². The van der Waals surface area contributed by atoms with Gasteiger partial charge in [0.15, 0.2) is 0 Å². The largest absolute Gasteiger partial charge is 0.481 e. The molecule has 1 aromatic carbocycles. The number of nitrogens with zero attached hydrogens (tertiary/aromatic N) is 1. The lowest BCUT2D eigenvalue weighted by Crippen LogP contribution is -2.24. The first-order valence-electron chi connectivity index (χ1n) is 7.16. The second-order valence-electron chi connectivity index (χ2n) is 5.62. The lowest BCUT2D eigenvalue weighted by atomic mass is 9.99. The molecule has 0 spiro atoms. The van der Waals surface area contributed by atoms with Crippen molar-refractivity contribution in [2.45, 2.75) is 26.2 Å². The molecule has 1 aromatic rings. The van der Waals surface area contributed by atoms with Crippen molar-refractivity contribution in [3.63, 3.8) is 0 Å². The van der Waals surface area contributed by atoms with E-state index in [0.29, 0.717) is 0 Å². The minimum absolute atomic E-state index is 0.172. The monoisotopic (exact) mass is 261 g/mol. The first-order chi connectivity index (χ1) is 9.16. The third-order valence-electron chi connectivity index (χ3n) is 4.04. The summed E-state index contributed by atoms with van der Waals surface area (Å²) in [5.41, 5.74) is 1.39. The number of carbonyl (C=O) groups is 1. The first-order valence-corrected chi connectivity index (χ1v) is 7.16. The van der Waals surface area contributed by atoms with Crippen molar-refractivity contribution in [3.8, 4) is 0 Å². The second-order valence-corrected chi connectivity index (χ2v) is 5.62. The highest BCUT2D eigenvalue weighted by atomic mass is 16.4. The molecule has 1 N–H and O–H groups in total. The molecule has 19 heavy (non-hydrogen) atoms. The van der Waals surface area contributed by atoms with Crippen molar-refractivity contribution in [1.29, 1.82) is 0 Å². The standard InChI is InChI=1S/C16H23NO2/c1-13-11-17(12-15(13)16(18)19)10-6-5-9-14-7-3-2-4-8-14/h2-4,7-8,13,15H,5-6,9-12H2,1H3,(H,18,19)/t13-,15-/m1/s1. The van der Waals surface area contributed by atoms with Crippen LogP contribution in [0.25, 0.3) is 0 Å². The third-order valence-corrected chi connectivity index (χ3v) is 4.04. The van der Waals surface area contributed by atoms with Crippen LogP contribution in [0.5, 0.6) is 0 Å². The number of likely N-dealkylation sites (tertiary alicyclic amines) is 1. The van der Waals surface area contributed by atoms with Crippen molar-refractivity contribution in [2.24, 2.45) is 11.8 Å². The van der Waals surface area contributed by atoms with E-state index in [9.17, 15) is 4.79 Å². The van der Waals surface area contributed by atoms with Gasteiger partial charge in [0.25, 0.3) is 0 Å². The maximum atomic E-state index is 11.0. The van der Waals surface area contributed by atoms with Crippen molar-refractivity contribution in [1.82, 2.24) is 4.90 Å². The van der Waals surface area contributed by atoms with Gasteiger partial charge in [0.05, 0.1) is 5.92 Å². The maximum Gasteiger partial charge on any atom is 0.308 e. The van der Waals surface area contributed by atoms with E-state index in [2.05, 4.69) is 29.2 Å². The van der Waals surface area contributed by atoms with Crippen molar-refractivity contribution in [3.05, 3.63) is 35.9 Å². The van der Waals surface area contributed by atoms with Crippen LogP contribution < -0.4 is 0 Å².